The first-order valence-corrected chi connectivity index (χ1v) is 6.58. The lowest BCUT2D eigenvalue weighted by molar-refractivity contribution is -0.139. The monoisotopic (exact) mass is 286 g/mol. The summed E-state index contributed by atoms with van der Waals surface area (Å²) in [6.07, 6.45) is -2.48. The van der Waals surface area contributed by atoms with Crippen molar-refractivity contribution in [2.24, 2.45) is 0 Å². The molecule has 0 aromatic heterocycles. The molecule has 1 aromatic carbocycles. The van der Waals surface area contributed by atoms with Crippen LogP contribution in [0.5, 0.6) is 0 Å². The zero-order valence-electron chi connectivity index (χ0n) is 11.0. The van der Waals surface area contributed by atoms with E-state index < -0.39 is 18.6 Å². The minimum atomic E-state index is -4.36. The fourth-order valence-corrected chi connectivity index (χ4v) is 2.51. The molecule has 1 N–H and O–H groups in total. The topological polar surface area (TPSA) is 32.3 Å². The molecule has 0 bridgehead atoms. The van der Waals surface area contributed by atoms with Gasteiger partial charge < -0.3 is 5.32 Å². The number of carbonyl (C=O) groups excluding carboxylic acids is 1. The fourth-order valence-electron chi connectivity index (χ4n) is 2.51. The first-order valence-electron chi connectivity index (χ1n) is 6.58. The summed E-state index contributed by atoms with van der Waals surface area (Å²) < 4.78 is 36.1. The van der Waals surface area contributed by atoms with Crippen LogP contribution in [-0.4, -0.2) is 36.6 Å². The zero-order valence-corrected chi connectivity index (χ0v) is 11.0. The van der Waals surface area contributed by atoms with Crippen LogP contribution >= 0.6 is 0 Å². The summed E-state index contributed by atoms with van der Waals surface area (Å²) in [6, 6.07) is 9.85. The van der Waals surface area contributed by atoms with Crippen molar-refractivity contribution >= 4 is 5.91 Å². The number of hydrogen-bond acceptors (Lipinski definition) is 2. The fraction of sp³-hybridized carbons (Fsp3) is 0.500. The van der Waals surface area contributed by atoms with Crippen LogP contribution in [-0.2, 0) is 4.79 Å². The van der Waals surface area contributed by atoms with Crippen molar-refractivity contribution in [2.75, 3.05) is 19.6 Å². The van der Waals surface area contributed by atoms with E-state index in [0.717, 1.165) is 24.9 Å². The molecule has 1 amide bonds. The van der Waals surface area contributed by atoms with Gasteiger partial charge in [-0.25, -0.2) is 0 Å². The number of halogens is 3. The van der Waals surface area contributed by atoms with Gasteiger partial charge in [-0.2, -0.15) is 13.2 Å². The quantitative estimate of drug-likeness (QED) is 0.922. The molecule has 1 unspecified atom stereocenters. The number of rotatable bonds is 4. The highest BCUT2D eigenvalue weighted by Gasteiger charge is 2.30. The number of amides is 1. The molecule has 2 rings (SSSR count). The van der Waals surface area contributed by atoms with Crippen LogP contribution < -0.4 is 5.32 Å². The molecule has 20 heavy (non-hydrogen) atoms. The van der Waals surface area contributed by atoms with Gasteiger partial charge in [-0.3, -0.25) is 9.69 Å². The molecule has 0 saturated carbocycles. The van der Waals surface area contributed by atoms with Crippen molar-refractivity contribution in [3.8, 4) is 0 Å². The maximum atomic E-state index is 12.0. The maximum absolute atomic E-state index is 12.0. The molecule has 0 spiro atoms. The third kappa shape index (κ3) is 4.23. The molecule has 0 radical (unpaired) electrons. The first kappa shape index (κ1) is 14.8. The van der Waals surface area contributed by atoms with E-state index in [4.69, 9.17) is 0 Å². The van der Waals surface area contributed by atoms with Crippen molar-refractivity contribution in [1.29, 1.82) is 0 Å². The standard InChI is InChI=1S/C14H17F3N2O/c15-14(16,17)10-18-13(20)9-19-8-4-7-12(19)11-5-2-1-3-6-11/h1-3,5-6,12H,4,7-10H2,(H,18,20). The Kier molecular flexibility index (Phi) is 4.65. The molecule has 110 valence electrons. The van der Waals surface area contributed by atoms with E-state index in [1.807, 2.05) is 40.5 Å². The highest BCUT2D eigenvalue weighted by Crippen LogP contribution is 2.31. The normalized spacial score (nSPS) is 20.1. The highest BCUT2D eigenvalue weighted by atomic mass is 19.4. The van der Waals surface area contributed by atoms with Gasteiger partial charge in [0.05, 0.1) is 6.54 Å². The molecule has 1 aromatic rings. The molecule has 1 aliphatic rings. The molecule has 1 fully saturated rings. The molecule has 1 saturated heterocycles. The Bertz CT molecular complexity index is 447. The van der Waals surface area contributed by atoms with E-state index >= 15 is 0 Å². The van der Waals surface area contributed by atoms with Gasteiger partial charge in [0.2, 0.25) is 5.91 Å². The third-order valence-corrected chi connectivity index (χ3v) is 3.38. The van der Waals surface area contributed by atoms with Crippen LogP contribution in [0.4, 0.5) is 13.2 Å². The van der Waals surface area contributed by atoms with Gasteiger partial charge in [-0.15, -0.1) is 0 Å². The van der Waals surface area contributed by atoms with Gasteiger partial charge in [-0.05, 0) is 24.9 Å². The van der Waals surface area contributed by atoms with Crippen LogP contribution in [0.15, 0.2) is 30.3 Å². The Morgan fingerprint density at radius 1 is 1.30 bits per heavy atom. The molecule has 1 aliphatic heterocycles. The minimum absolute atomic E-state index is 0.00956. The maximum Gasteiger partial charge on any atom is 0.405 e. The summed E-state index contributed by atoms with van der Waals surface area (Å²) in [7, 11) is 0. The smallest absolute Gasteiger partial charge is 0.346 e. The lowest BCUT2D eigenvalue weighted by Gasteiger charge is -2.24. The second-order valence-corrected chi connectivity index (χ2v) is 4.93. The highest BCUT2D eigenvalue weighted by molar-refractivity contribution is 5.78. The average molecular weight is 286 g/mol. The number of hydrogen-bond donors (Lipinski definition) is 1. The second kappa shape index (κ2) is 6.26. The van der Waals surface area contributed by atoms with Gasteiger partial charge in [0, 0.05) is 6.04 Å². The Hall–Kier alpha value is -1.56. The molecule has 1 heterocycles. The Balaban J connectivity index is 1.90. The van der Waals surface area contributed by atoms with Gasteiger partial charge in [-0.1, -0.05) is 30.3 Å². The molecular formula is C14H17F3N2O. The molecule has 6 heteroatoms. The first-order chi connectivity index (χ1) is 9.46. The van der Waals surface area contributed by atoms with Gasteiger partial charge in [0.1, 0.15) is 6.54 Å². The number of likely N-dealkylation sites (tertiary alicyclic amines) is 1. The van der Waals surface area contributed by atoms with E-state index in [1.165, 1.54) is 0 Å². The van der Waals surface area contributed by atoms with Crippen LogP contribution in [0.25, 0.3) is 0 Å². The molecular weight excluding hydrogens is 269 g/mol. The van der Waals surface area contributed by atoms with Crippen molar-refractivity contribution in [2.45, 2.75) is 25.1 Å². The predicted molar refractivity (Wildman–Crippen MR) is 69.1 cm³/mol. The predicted octanol–water partition coefficient (Wildman–Crippen LogP) is 2.50. The van der Waals surface area contributed by atoms with E-state index in [-0.39, 0.29) is 12.6 Å². The molecule has 3 nitrogen and oxygen atoms in total. The minimum Gasteiger partial charge on any atom is -0.346 e. The Labute approximate surface area is 115 Å². The van der Waals surface area contributed by atoms with Crippen LogP contribution in [0.1, 0.15) is 24.4 Å². The Morgan fingerprint density at radius 3 is 2.65 bits per heavy atom. The van der Waals surface area contributed by atoms with E-state index in [1.54, 1.807) is 0 Å². The van der Waals surface area contributed by atoms with Crippen molar-refractivity contribution in [1.82, 2.24) is 10.2 Å². The average Bonchev–Trinajstić information content (AvgIpc) is 2.85. The van der Waals surface area contributed by atoms with Gasteiger partial charge in [0.15, 0.2) is 0 Å². The van der Waals surface area contributed by atoms with Crippen molar-refractivity contribution in [3.63, 3.8) is 0 Å². The zero-order chi connectivity index (χ0) is 14.6. The number of nitrogens with one attached hydrogen (secondary N) is 1. The van der Waals surface area contributed by atoms with E-state index in [0.29, 0.717) is 0 Å². The van der Waals surface area contributed by atoms with Crippen LogP contribution in [0.2, 0.25) is 0 Å². The summed E-state index contributed by atoms with van der Waals surface area (Å²) in [4.78, 5) is 13.5. The summed E-state index contributed by atoms with van der Waals surface area (Å²) in [5.41, 5.74) is 1.11. The Morgan fingerprint density at radius 2 is 2.00 bits per heavy atom. The van der Waals surface area contributed by atoms with E-state index in [2.05, 4.69) is 0 Å². The number of carbonyl (C=O) groups is 1. The number of alkyl halides is 3. The van der Waals surface area contributed by atoms with Crippen LogP contribution in [0.3, 0.4) is 0 Å². The summed E-state index contributed by atoms with van der Waals surface area (Å²) >= 11 is 0. The molecule has 1 atom stereocenters. The van der Waals surface area contributed by atoms with Crippen molar-refractivity contribution < 1.29 is 18.0 Å². The number of nitrogens with zero attached hydrogens (tertiary/aromatic N) is 1. The van der Waals surface area contributed by atoms with Crippen LogP contribution in [0, 0.1) is 0 Å². The molecule has 0 aliphatic carbocycles. The number of benzene rings is 1. The summed E-state index contributed by atoms with van der Waals surface area (Å²) in [5, 5.41) is 1.92. The van der Waals surface area contributed by atoms with Gasteiger partial charge >= 0.3 is 6.18 Å². The second-order valence-electron chi connectivity index (χ2n) is 4.93. The largest absolute Gasteiger partial charge is 0.405 e. The summed E-state index contributed by atoms with van der Waals surface area (Å²) in [6.45, 7) is -0.523. The lowest BCUT2D eigenvalue weighted by Crippen LogP contribution is -2.40. The van der Waals surface area contributed by atoms with Gasteiger partial charge in [0.25, 0.3) is 0 Å². The van der Waals surface area contributed by atoms with Crippen molar-refractivity contribution in [3.05, 3.63) is 35.9 Å². The lowest BCUT2D eigenvalue weighted by atomic mass is 10.0. The SMILES string of the molecule is O=C(CN1CCCC1c1ccccc1)NCC(F)(F)F. The summed E-state index contributed by atoms with van der Waals surface area (Å²) in [5.74, 6) is -0.579. The van der Waals surface area contributed by atoms with E-state index in [9.17, 15) is 18.0 Å². The third-order valence-electron chi connectivity index (χ3n) is 3.38.